The Morgan fingerprint density at radius 2 is 2.26 bits per heavy atom. The van der Waals surface area contributed by atoms with E-state index in [4.69, 9.17) is 4.74 Å². The van der Waals surface area contributed by atoms with Crippen LogP contribution in [-0.4, -0.2) is 29.2 Å². The van der Waals surface area contributed by atoms with Crippen LogP contribution in [0.25, 0.3) is 0 Å². The van der Waals surface area contributed by atoms with Gasteiger partial charge in [-0.05, 0) is 12.5 Å². The molecular formula is C14H14N4O4S. The zero-order valence-corrected chi connectivity index (χ0v) is 13.3. The van der Waals surface area contributed by atoms with Crippen molar-refractivity contribution in [1.29, 1.82) is 0 Å². The molecule has 2 aromatic rings. The van der Waals surface area contributed by atoms with Crippen LogP contribution < -0.4 is 5.43 Å². The molecule has 0 amide bonds. The lowest BCUT2D eigenvalue weighted by Crippen LogP contribution is -2.01. The number of hydrogen-bond donors (Lipinski definition) is 1. The number of thiazole rings is 1. The Kier molecular flexibility index (Phi) is 5.36. The minimum atomic E-state index is -0.477. The van der Waals surface area contributed by atoms with E-state index in [2.05, 4.69) is 15.5 Å². The minimum absolute atomic E-state index is 0.0401. The van der Waals surface area contributed by atoms with Crippen LogP contribution in [0.5, 0.6) is 0 Å². The number of hydrazone groups is 1. The third kappa shape index (κ3) is 3.89. The summed E-state index contributed by atoms with van der Waals surface area (Å²) in [6.07, 6.45) is 1.92. The lowest BCUT2D eigenvalue weighted by molar-refractivity contribution is -0.385. The molecule has 1 aromatic carbocycles. The van der Waals surface area contributed by atoms with Gasteiger partial charge < -0.3 is 4.74 Å². The predicted octanol–water partition coefficient (Wildman–Crippen LogP) is 2.85. The molecule has 1 heterocycles. The first-order valence-electron chi connectivity index (χ1n) is 6.67. The van der Waals surface area contributed by atoms with Crippen molar-refractivity contribution in [3.05, 3.63) is 50.5 Å². The maximum Gasteiger partial charge on any atom is 0.350 e. The van der Waals surface area contributed by atoms with Gasteiger partial charge in [-0.15, -0.1) is 0 Å². The summed E-state index contributed by atoms with van der Waals surface area (Å²) in [4.78, 5) is 26.7. The first kappa shape index (κ1) is 16.6. The summed E-state index contributed by atoms with van der Waals surface area (Å²) in [6.45, 7) is 1.88. The van der Waals surface area contributed by atoms with Gasteiger partial charge in [-0.1, -0.05) is 30.4 Å². The number of nitrogens with one attached hydrogen (secondary N) is 1. The molecule has 23 heavy (non-hydrogen) atoms. The van der Waals surface area contributed by atoms with E-state index < -0.39 is 10.9 Å². The molecule has 0 aliphatic rings. The number of esters is 1. The maximum atomic E-state index is 11.6. The monoisotopic (exact) mass is 334 g/mol. The lowest BCUT2D eigenvalue weighted by Gasteiger charge is -1.96. The van der Waals surface area contributed by atoms with Gasteiger partial charge in [0.15, 0.2) is 0 Å². The second-order valence-electron chi connectivity index (χ2n) is 4.33. The zero-order valence-electron chi connectivity index (χ0n) is 12.5. The molecule has 9 heteroatoms. The molecule has 0 bridgehead atoms. The van der Waals surface area contributed by atoms with Gasteiger partial charge in [-0.2, -0.15) is 5.10 Å². The molecule has 120 valence electrons. The largest absolute Gasteiger partial charge is 0.465 e. The maximum absolute atomic E-state index is 11.6. The normalized spacial score (nSPS) is 10.7. The van der Waals surface area contributed by atoms with Crippen molar-refractivity contribution in [3.8, 4) is 0 Å². The average molecular weight is 334 g/mol. The van der Waals surface area contributed by atoms with Gasteiger partial charge in [0.2, 0.25) is 5.13 Å². The van der Waals surface area contributed by atoms with Gasteiger partial charge in [-0.3, -0.25) is 15.5 Å². The Morgan fingerprint density at radius 3 is 2.91 bits per heavy atom. The van der Waals surface area contributed by atoms with E-state index in [1.54, 1.807) is 18.2 Å². The van der Waals surface area contributed by atoms with E-state index in [1.807, 2.05) is 6.92 Å². The number of nitro benzene ring substituents is 1. The average Bonchev–Trinajstić information content (AvgIpc) is 2.97. The Hall–Kier alpha value is -2.81. The summed E-state index contributed by atoms with van der Waals surface area (Å²) >= 11 is 1.12. The number of carbonyl (C=O) groups is 1. The number of benzene rings is 1. The van der Waals surface area contributed by atoms with Gasteiger partial charge >= 0.3 is 5.97 Å². The number of hydrogen-bond acceptors (Lipinski definition) is 8. The van der Waals surface area contributed by atoms with E-state index in [-0.39, 0.29) is 5.69 Å². The number of aromatic nitrogens is 1. The third-order valence-corrected chi connectivity index (χ3v) is 3.88. The molecule has 0 fully saturated rings. The van der Waals surface area contributed by atoms with Crippen molar-refractivity contribution >= 4 is 34.3 Å². The first-order chi connectivity index (χ1) is 11.1. The SMILES string of the molecule is CCc1nc(N/N=C\c2ccccc2[N+](=O)[O-])sc1C(=O)OC. The first-order valence-corrected chi connectivity index (χ1v) is 7.49. The third-order valence-electron chi connectivity index (χ3n) is 2.90. The molecule has 0 radical (unpaired) electrons. The van der Waals surface area contributed by atoms with E-state index >= 15 is 0 Å². The number of methoxy groups -OCH3 is 1. The zero-order chi connectivity index (χ0) is 16.8. The lowest BCUT2D eigenvalue weighted by atomic mass is 10.2. The quantitative estimate of drug-likeness (QED) is 0.377. The number of para-hydroxylation sites is 1. The van der Waals surface area contributed by atoms with Crippen molar-refractivity contribution in [1.82, 2.24) is 4.98 Å². The van der Waals surface area contributed by atoms with Crippen molar-refractivity contribution in [2.75, 3.05) is 12.5 Å². The number of carbonyl (C=O) groups excluding carboxylic acids is 1. The Balaban J connectivity index is 2.17. The van der Waals surface area contributed by atoms with Gasteiger partial charge in [0.1, 0.15) is 4.88 Å². The van der Waals surface area contributed by atoms with E-state index in [1.165, 1.54) is 19.4 Å². The van der Waals surface area contributed by atoms with E-state index in [0.29, 0.717) is 27.7 Å². The Bertz CT molecular complexity index is 757. The predicted molar refractivity (Wildman–Crippen MR) is 87.1 cm³/mol. The summed E-state index contributed by atoms with van der Waals surface area (Å²) < 4.78 is 4.70. The van der Waals surface area contributed by atoms with Crippen molar-refractivity contribution in [2.24, 2.45) is 5.10 Å². The standard InChI is InChI=1S/C14H14N4O4S/c1-3-10-12(13(19)22-2)23-14(16-10)17-15-8-9-6-4-5-7-11(9)18(20)21/h4-8H,3H2,1-2H3,(H,16,17)/b15-8-. The summed E-state index contributed by atoms with van der Waals surface area (Å²) in [5.74, 6) is -0.449. The molecule has 0 unspecified atom stereocenters. The number of ether oxygens (including phenoxy) is 1. The Labute approximate surface area is 136 Å². The highest BCUT2D eigenvalue weighted by Gasteiger charge is 2.17. The number of anilines is 1. The van der Waals surface area contributed by atoms with Crippen LogP contribution in [0.1, 0.15) is 27.9 Å². The topological polar surface area (TPSA) is 107 Å². The number of nitro groups is 1. The summed E-state index contributed by atoms with van der Waals surface area (Å²) in [5.41, 5.74) is 3.62. The van der Waals surface area contributed by atoms with E-state index in [9.17, 15) is 14.9 Å². The number of rotatable bonds is 6. The van der Waals surface area contributed by atoms with Crippen LogP contribution in [0.2, 0.25) is 0 Å². The van der Waals surface area contributed by atoms with Crippen LogP contribution in [-0.2, 0) is 11.2 Å². The number of aryl methyl sites for hydroxylation is 1. The summed E-state index contributed by atoms with van der Waals surface area (Å²) in [7, 11) is 1.31. The fraction of sp³-hybridized carbons (Fsp3) is 0.214. The highest BCUT2D eigenvalue weighted by Crippen LogP contribution is 2.24. The van der Waals surface area contributed by atoms with Gasteiger partial charge in [0.25, 0.3) is 5.69 Å². The molecule has 0 atom stereocenters. The van der Waals surface area contributed by atoms with E-state index in [0.717, 1.165) is 11.3 Å². The molecule has 0 saturated heterocycles. The van der Waals surface area contributed by atoms with Gasteiger partial charge in [0.05, 0.1) is 29.5 Å². The summed E-state index contributed by atoms with van der Waals surface area (Å²) in [5, 5.41) is 15.3. The highest BCUT2D eigenvalue weighted by atomic mass is 32.1. The summed E-state index contributed by atoms with van der Waals surface area (Å²) in [6, 6.07) is 6.25. The Morgan fingerprint density at radius 1 is 1.52 bits per heavy atom. The molecule has 8 nitrogen and oxygen atoms in total. The molecule has 1 aromatic heterocycles. The van der Waals surface area contributed by atoms with Crippen molar-refractivity contribution in [2.45, 2.75) is 13.3 Å². The molecule has 0 aliphatic heterocycles. The molecular weight excluding hydrogens is 320 g/mol. The number of nitrogens with zero attached hydrogens (tertiary/aromatic N) is 3. The molecule has 0 spiro atoms. The van der Waals surface area contributed by atoms with Crippen LogP contribution in [0, 0.1) is 10.1 Å². The molecule has 1 N–H and O–H groups in total. The second-order valence-corrected chi connectivity index (χ2v) is 5.32. The minimum Gasteiger partial charge on any atom is -0.465 e. The second kappa shape index (κ2) is 7.45. The molecule has 0 aliphatic carbocycles. The van der Waals surface area contributed by atoms with Crippen LogP contribution in [0.4, 0.5) is 10.8 Å². The fourth-order valence-corrected chi connectivity index (χ4v) is 2.73. The van der Waals surface area contributed by atoms with Crippen molar-refractivity contribution in [3.63, 3.8) is 0 Å². The van der Waals surface area contributed by atoms with Gasteiger partial charge in [0, 0.05) is 6.07 Å². The highest BCUT2D eigenvalue weighted by molar-refractivity contribution is 7.17. The molecule has 2 rings (SSSR count). The van der Waals surface area contributed by atoms with Crippen molar-refractivity contribution < 1.29 is 14.5 Å². The fourth-order valence-electron chi connectivity index (χ4n) is 1.81. The van der Waals surface area contributed by atoms with Crippen LogP contribution in [0.3, 0.4) is 0 Å². The van der Waals surface area contributed by atoms with Crippen LogP contribution >= 0.6 is 11.3 Å². The smallest absolute Gasteiger partial charge is 0.350 e. The van der Waals surface area contributed by atoms with Crippen LogP contribution in [0.15, 0.2) is 29.4 Å². The van der Waals surface area contributed by atoms with Gasteiger partial charge in [-0.25, -0.2) is 9.78 Å². The molecule has 0 saturated carbocycles.